The molecule has 2 aromatic rings. The minimum absolute atomic E-state index is 0.149. The second-order valence-electron chi connectivity index (χ2n) is 4.15. The minimum atomic E-state index is -0.588. The van der Waals surface area contributed by atoms with Crippen molar-refractivity contribution in [3.63, 3.8) is 0 Å². The van der Waals surface area contributed by atoms with Crippen molar-refractivity contribution in [2.45, 2.75) is 0 Å². The van der Waals surface area contributed by atoms with E-state index in [9.17, 15) is 9.59 Å². The van der Waals surface area contributed by atoms with Crippen molar-refractivity contribution in [3.8, 4) is 0 Å². The van der Waals surface area contributed by atoms with Crippen LogP contribution in [0.4, 0.5) is 0 Å². The van der Waals surface area contributed by atoms with Crippen molar-refractivity contribution < 1.29 is 19.1 Å². The standard InChI is InChI=1S/C17H14O4/c1-20-16(18)12-15(13-8-4-2-5-9-13)21-17(19)14-10-6-3-7-11-14/h2-12H,1H3/b15-12-. The molecular formula is C17H14O4. The first-order chi connectivity index (χ1) is 10.2. The molecule has 0 aliphatic carbocycles. The molecule has 21 heavy (non-hydrogen) atoms. The summed E-state index contributed by atoms with van der Waals surface area (Å²) in [7, 11) is 1.26. The fourth-order valence-electron chi connectivity index (χ4n) is 1.67. The lowest BCUT2D eigenvalue weighted by Crippen LogP contribution is -2.07. The minimum Gasteiger partial charge on any atom is -0.466 e. The molecule has 2 aromatic carbocycles. The van der Waals surface area contributed by atoms with E-state index in [0.717, 1.165) is 6.08 Å². The molecule has 2 rings (SSSR count). The van der Waals surface area contributed by atoms with Crippen molar-refractivity contribution in [1.82, 2.24) is 0 Å². The predicted molar refractivity (Wildman–Crippen MR) is 78.3 cm³/mol. The van der Waals surface area contributed by atoms with Gasteiger partial charge in [-0.05, 0) is 12.1 Å². The molecule has 0 saturated heterocycles. The molecule has 0 aliphatic heterocycles. The van der Waals surface area contributed by atoms with Crippen LogP contribution in [-0.2, 0) is 14.3 Å². The van der Waals surface area contributed by atoms with Crippen LogP contribution in [0.3, 0.4) is 0 Å². The second kappa shape index (κ2) is 7.05. The number of carbonyl (C=O) groups is 2. The molecule has 0 fully saturated rings. The van der Waals surface area contributed by atoms with Gasteiger partial charge >= 0.3 is 11.9 Å². The summed E-state index contributed by atoms with van der Waals surface area (Å²) >= 11 is 0. The van der Waals surface area contributed by atoms with Gasteiger partial charge in [0.1, 0.15) is 5.76 Å². The zero-order valence-corrected chi connectivity index (χ0v) is 11.5. The van der Waals surface area contributed by atoms with Crippen LogP contribution >= 0.6 is 0 Å². The topological polar surface area (TPSA) is 52.6 Å². The van der Waals surface area contributed by atoms with E-state index in [1.54, 1.807) is 54.6 Å². The number of rotatable bonds is 4. The summed E-state index contributed by atoms with van der Waals surface area (Å²) < 4.78 is 9.90. The number of methoxy groups -OCH3 is 1. The molecule has 0 saturated carbocycles. The average molecular weight is 282 g/mol. The van der Waals surface area contributed by atoms with Gasteiger partial charge in [0.25, 0.3) is 0 Å². The van der Waals surface area contributed by atoms with Crippen molar-refractivity contribution in [2.75, 3.05) is 7.11 Å². The molecule has 0 N–H and O–H groups in total. The van der Waals surface area contributed by atoms with Crippen LogP contribution < -0.4 is 0 Å². The van der Waals surface area contributed by atoms with Gasteiger partial charge in [-0.25, -0.2) is 9.59 Å². The largest absolute Gasteiger partial charge is 0.466 e. The van der Waals surface area contributed by atoms with Crippen LogP contribution in [0, 0.1) is 0 Å². The lowest BCUT2D eigenvalue weighted by Gasteiger charge is -2.09. The van der Waals surface area contributed by atoms with Gasteiger partial charge in [-0.15, -0.1) is 0 Å². The maximum Gasteiger partial charge on any atom is 0.343 e. The van der Waals surface area contributed by atoms with E-state index in [0.29, 0.717) is 11.1 Å². The third-order valence-corrected chi connectivity index (χ3v) is 2.72. The van der Waals surface area contributed by atoms with Gasteiger partial charge in [0.15, 0.2) is 0 Å². The molecule has 0 spiro atoms. The predicted octanol–water partition coefficient (Wildman–Crippen LogP) is 3.06. The molecular weight excluding hydrogens is 268 g/mol. The highest BCUT2D eigenvalue weighted by Crippen LogP contribution is 2.18. The molecule has 4 nitrogen and oxygen atoms in total. The molecule has 0 bridgehead atoms. The number of benzene rings is 2. The van der Waals surface area contributed by atoms with Crippen molar-refractivity contribution in [3.05, 3.63) is 77.9 Å². The summed E-state index contributed by atoms with van der Waals surface area (Å²) in [5.74, 6) is -0.972. The third kappa shape index (κ3) is 4.04. The Labute approximate surface area is 122 Å². The average Bonchev–Trinajstić information content (AvgIpc) is 2.55. The van der Waals surface area contributed by atoms with Crippen LogP contribution in [-0.4, -0.2) is 19.0 Å². The van der Waals surface area contributed by atoms with Crippen LogP contribution in [0.2, 0.25) is 0 Å². The molecule has 106 valence electrons. The fraction of sp³-hybridized carbons (Fsp3) is 0.0588. The van der Waals surface area contributed by atoms with Crippen LogP contribution in [0.1, 0.15) is 15.9 Å². The highest BCUT2D eigenvalue weighted by Gasteiger charge is 2.13. The van der Waals surface area contributed by atoms with E-state index in [1.807, 2.05) is 6.07 Å². The Morgan fingerprint density at radius 1 is 0.857 bits per heavy atom. The molecule has 0 amide bonds. The van der Waals surface area contributed by atoms with Crippen molar-refractivity contribution >= 4 is 17.7 Å². The first-order valence-corrected chi connectivity index (χ1v) is 6.33. The summed E-state index contributed by atoms with van der Waals surface area (Å²) in [4.78, 5) is 23.5. The maximum atomic E-state index is 12.1. The van der Waals surface area contributed by atoms with Crippen LogP contribution in [0.15, 0.2) is 66.7 Å². The van der Waals surface area contributed by atoms with Crippen molar-refractivity contribution in [1.29, 1.82) is 0 Å². The monoisotopic (exact) mass is 282 g/mol. The van der Waals surface area contributed by atoms with Crippen LogP contribution in [0.5, 0.6) is 0 Å². The quantitative estimate of drug-likeness (QED) is 0.491. The first-order valence-electron chi connectivity index (χ1n) is 6.33. The Morgan fingerprint density at radius 3 is 1.90 bits per heavy atom. The van der Waals surface area contributed by atoms with E-state index < -0.39 is 11.9 Å². The second-order valence-corrected chi connectivity index (χ2v) is 4.15. The van der Waals surface area contributed by atoms with Gasteiger partial charge < -0.3 is 9.47 Å². The molecule has 0 atom stereocenters. The van der Waals surface area contributed by atoms with Crippen molar-refractivity contribution in [2.24, 2.45) is 0 Å². The third-order valence-electron chi connectivity index (χ3n) is 2.72. The van der Waals surface area contributed by atoms with Gasteiger partial charge in [0, 0.05) is 5.56 Å². The zero-order valence-electron chi connectivity index (χ0n) is 11.5. The first kappa shape index (κ1) is 14.5. The van der Waals surface area contributed by atoms with E-state index in [4.69, 9.17) is 4.74 Å². The van der Waals surface area contributed by atoms with Crippen LogP contribution in [0.25, 0.3) is 5.76 Å². The smallest absolute Gasteiger partial charge is 0.343 e. The summed E-state index contributed by atoms with van der Waals surface area (Å²) in [6.07, 6.45) is 1.15. The summed E-state index contributed by atoms with van der Waals surface area (Å²) in [6.45, 7) is 0. The van der Waals surface area contributed by atoms with Gasteiger partial charge in [0.05, 0.1) is 18.7 Å². The highest BCUT2D eigenvalue weighted by atomic mass is 16.5. The molecule has 0 heterocycles. The number of ether oxygens (including phenoxy) is 2. The Morgan fingerprint density at radius 2 is 1.38 bits per heavy atom. The van der Waals surface area contributed by atoms with E-state index in [2.05, 4.69) is 4.74 Å². The summed E-state index contributed by atoms with van der Waals surface area (Å²) in [5, 5.41) is 0. The summed E-state index contributed by atoms with van der Waals surface area (Å²) in [6, 6.07) is 17.5. The number of esters is 2. The van der Waals surface area contributed by atoms with Gasteiger partial charge in [-0.1, -0.05) is 48.5 Å². The molecule has 0 aromatic heterocycles. The Hall–Kier alpha value is -2.88. The lowest BCUT2D eigenvalue weighted by atomic mass is 10.1. The highest BCUT2D eigenvalue weighted by molar-refractivity contribution is 5.96. The van der Waals surface area contributed by atoms with E-state index in [1.165, 1.54) is 7.11 Å². The molecule has 0 unspecified atom stereocenters. The fourth-order valence-corrected chi connectivity index (χ4v) is 1.67. The SMILES string of the molecule is COC(=O)/C=C(\OC(=O)c1ccccc1)c1ccccc1. The maximum absolute atomic E-state index is 12.1. The Kier molecular flexibility index (Phi) is 4.88. The molecule has 0 radical (unpaired) electrons. The van der Waals surface area contributed by atoms with Gasteiger partial charge in [-0.2, -0.15) is 0 Å². The van der Waals surface area contributed by atoms with Gasteiger partial charge in [0.2, 0.25) is 0 Å². The lowest BCUT2D eigenvalue weighted by molar-refractivity contribution is -0.134. The van der Waals surface area contributed by atoms with E-state index >= 15 is 0 Å². The molecule has 4 heteroatoms. The Bertz CT molecular complexity index is 645. The number of hydrogen-bond acceptors (Lipinski definition) is 4. The summed E-state index contributed by atoms with van der Waals surface area (Å²) in [5.41, 5.74) is 1.02. The van der Waals surface area contributed by atoms with Gasteiger partial charge in [-0.3, -0.25) is 0 Å². The Balaban J connectivity index is 2.27. The number of hydrogen-bond donors (Lipinski definition) is 0. The number of carbonyl (C=O) groups excluding carboxylic acids is 2. The molecule has 0 aliphatic rings. The van der Waals surface area contributed by atoms with E-state index in [-0.39, 0.29) is 5.76 Å². The normalized spacial score (nSPS) is 10.8. The zero-order chi connectivity index (χ0) is 15.1.